The van der Waals surface area contributed by atoms with Gasteiger partial charge in [-0.25, -0.2) is 4.98 Å². The molecule has 0 amide bonds. The normalized spacial score (nSPS) is 16.9. The van der Waals surface area contributed by atoms with Gasteiger partial charge < -0.3 is 19.7 Å². The Labute approximate surface area is 164 Å². The van der Waals surface area contributed by atoms with Crippen LogP contribution in [0.4, 0.5) is 11.8 Å². The third-order valence-electron chi connectivity index (χ3n) is 4.89. The minimum Gasteiger partial charge on any atom is -0.497 e. The van der Waals surface area contributed by atoms with Crippen LogP contribution in [0.1, 0.15) is 31.1 Å². The fourth-order valence-corrected chi connectivity index (χ4v) is 3.31. The maximum Gasteiger partial charge on any atom is 0.228 e. The fourth-order valence-electron chi connectivity index (χ4n) is 3.31. The van der Waals surface area contributed by atoms with E-state index in [0.29, 0.717) is 12.5 Å². The number of hydrogen-bond acceptors (Lipinski definition) is 7. The van der Waals surface area contributed by atoms with Crippen molar-refractivity contribution >= 4 is 22.9 Å². The number of hydrogen-bond donors (Lipinski definition) is 1. The van der Waals surface area contributed by atoms with Gasteiger partial charge in [0.25, 0.3) is 0 Å². The number of anilines is 2. The van der Waals surface area contributed by atoms with Crippen LogP contribution in [-0.2, 0) is 11.3 Å². The Morgan fingerprint density at radius 2 is 2.04 bits per heavy atom. The van der Waals surface area contributed by atoms with Crippen molar-refractivity contribution in [3.63, 3.8) is 0 Å². The summed E-state index contributed by atoms with van der Waals surface area (Å²) in [5, 5.41) is 3.42. The van der Waals surface area contributed by atoms with E-state index in [1.807, 2.05) is 54.2 Å². The summed E-state index contributed by atoms with van der Waals surface area (Å²) in [5.74, 6) is 2.20. The smallest absolute Gasteiger partial charge is 0.228 e. The summed E-state index contributed by atoms with van der Waals surface area (Å²) in [6.45, 7) is 1.41. The number of imidazole rings is 1. The molecule has 0 spiro atoms. The average Bonchev–Trinajstić information content (AvgIpc) is 3.17. The van der Waals surface area contributed by atoms with Gasteiger partial charge in [-0.05, 0) is 37.0 Å². The zero-order valence-electron chi connectivity index (χ0n) is 16.6. The maximum atomic E-state index is 5.94. The molecule has 1 aliphatic heterocycles. The number of aromatic nitrogens is 4. The highest BCUT2D eigenvalue weighted by atomic mass is 16.5. The van der Waals surface area contributed by atoms with Crippen LogP contribution < -0.4 is 15.0 Å². The van der Waals surface area contributed by atoms with Crippen LogP contribution in [0, 0.1) is 0 Å². The van der Waals surface area contributed by atoms with Crippen LogP contribution in [0.25, 0.3) is 11.2 Å². The van der Waals surface area contributed by atoms with Crippen LogP contribution in [0.15, 0.2) is 30.6 Å². The molecule has 3 heterocycles. The van der Waals surface area contributed by atoms with Gasteiger partial charge in [0.1, 0.15) is 12.0 Å². The third kappa shape index (κ3) is 3.73. The largest absolute Gasteiger partial charge is 0.497 e. The number of rotatable bonds is 6. The fraction of sp³-hybridized carbons (Fsp3) is 0.450. The van der Waals surface area contributed by atoms with Crippen LogP contribution in [0.5, 0.6) is 5.75 Å². The monoisotopic (exact) mass is 382 g/mol. The second-order valence-corrected chi connectivity index (χ2v) is 7.11. The predicted octanol–water partition coefficient (Wildman–Crippen LogP) is 3.21. The van der Waals surface area contributed by atoms with E-state index in [2.05, 4.69) is 15.3 Å². The molecule has 0 aliphatic carbocycles. The van der Waals surface area contributed by atoms with E-state index >= 15 is 0 Å². The van der Waals surface area contributed by atoms with Gasteiger partial charge in [-0.2, -0.15) is 9.97 Å². The Kier molecular flexibility index (Phi) is 5.29. The van der Waals surface area contributed by atoms with Gasteiger partial charge >= 0.3 is 0 Å². The molecular weight excluding hydrogens is 356 g/mol. The molecule has 1 aromatic carbocycles. The highest BCUT2D eigenvalue weighted by Crippen LogP contribution is 2.29. The summed E-state index contributed by atoms with van der Waals surface area (Å²) in [5.41, 5.74) is 2.69. The average molecular weight is 382 g/mol. The molecule has 1 fully saturated rings. The Bertz CT molecular complexity index is 932. The first kappa shape index (κ1) is 18.5. The van der Waals surface area contributed by atoms with Crippen molar-refractivity contribution in [1.29, 1.82) is 0 Å². The number of benzene rings is 1. The van der Waals surface area contributed by atoms with Gasteiger partial charge in [0.05, 0.1) is 13.4 Å². The van der Waals surface area contributed by atoms with Crippen LogP contribution in [0.2, 0.25) is 0 Å². The van der Waals surface area contributed by atoms with E-state index in [9.17, 15) is 0 Å². The van der Waals surface area contributed by atoms with E-state index < -0.39 is 0 Å². The lowest BCUT2D eigenvalue weighted by atomic mass is 10.2. The molecular formula is C20H26N6O2. The minimum absolute atomic E-state index is 0.0156. The number of ether oxygens (including phenoxy) is 2. The molecule has 148 valence electrons. The first-order valence-corrected chi connectivity index (χ1v) is 9.56. The molecule has 1 aliphatic rings. The van der Waals surface area contributed by atoms with Crippen molar-refractivity contribution in [3.05, 3.63) is 36.2 Å². The van der Waals surface area contributed by atoms with Gasteiger partial charge in [-0.1, -0.05) is 12.1 Å². The van der Waals surface area contributed by atoms with Crippen LogP contribution in [0.3, 0.4) is 0 Å². The van der Waals surface area contributed by atoms with Crippen molar-refractivity contribution in [3.8, 4) is 5.75 Å². The summed E-state index contributed by atoms with van der Waals surface area (Å²) in [6, 6.07) is 7.97. The summed E-state index contributed by atoms with van der Waals surface area (Å²) >= 11 is 0. The maximum absolute atomic E-state index is 5.94. The molecule has 0 radical (unpaired) electrons. The van der Waals surface area contributed by atoms with Crippen molar-refractivity contribution in [2.75, 3.05) is 38.0 Å². The molecule has 8 nitrogen and oxygen atoms in total. The Balaban J connectivity index is 1.65. The highest BCUT2D eigenvalue weighted by molar-refractivity contribution is 5.84. The molecule has 8 heteroatoms. The summed E-state index contributed by atoms with van der Waals surface area (Å²) in [7, 11) is 5.54. The Morgan fingerprint density at radius 1 is 1.21 bits per heavy atom. The molecule has 0 bridgehead atoms. The van der Waals surface area contributed by atoms with Crippen molar-refractivity contribution in [2.45, 2.75) is 32.0 Å². The van der Waals surface area contributed by atoms with Crippen molar-refractivity contribution in [1.82, 2.24) is 19.5 Å². The van der Waals surface area contributed by atoms with Gasteiger partial charge in [-0.15, -0.1) is 0 Å². The summed E-state index contributed by atoms with van der Waals surface area (Å²) < 4.78 is 13.2. The number of nitrogens with one attached hydrogen (secondary N) is 1. The van der Waals surface area contributed by atoms with Gasteiger partial charge in [0.15, 0.2) is 17.0 Å². The van der Waals surface area contributed by atoms with Gasteiger partial charge in [0, 0.05) is 27.2 Å². The minimum atomic E-state index is -0.0156. The number of fused-ring (bicyclic) bond motifs is 1. The predicted molar refractivity (Wildman–Crippen MR) is 109 cm³/mol. The van der Waals surface area contributed by atoms with Crippen LogP contribution in [-0.4, -0.2) is 47.3 Å². The zero-order chi connectivity index (χ0) is 19.5. The molecule has 2 aromatic heterocycles. The number of methoxy groups -OCH3 is 1. The molecule has 4 rings (SSSR count). The molecule has 3 aromatic rings. The lowest BCUT2D eigenvalue weighted by Crippen LogP contribution is -2.19. The summed E-state index contributed by atoms with van der Waals surface area (Å²) in [4.78, 5) is 15.9. The van der Waals surface area contributed by atoms with E-state index in [4.69, 9.17) is 14.5 Å². The Hall–Kier alpha value is -2.87. The molecule has 1 atom stereocenters. The van der Waals surface area contributed by atoms with E-state index in [1.54, 1.807) is 7.11 Å². The second kappa shape index (κ2) is 8.02. The summed E-state index contributed by atoms with van der Waals surface area (Å²) in [6.07, 6.45) is 5.03. The van der Waals surface area contributed by atoms with Crippen molar-refractivity contribution in [2.24, 2.45) is 0 Å². The molecule has 1 saturated heterocycles. The second-order valence-electron chi connectivity index (χ2n) is 7.11. The Morgan fingerprint density at radius 3 is 2.71 bits per heavy atom. The quantitative estimate of drug-likeness (QED) is 0.701. The van der Waals surface area contributed by atoms with E-state index in [1.165, 1.54) is 0 Å². The molecule has 0 saturated carbocycles. The lowest BCUT2D eigenvalue weighted by Gasteiger charge is -2.24. The first-order chi connectivity index (χ1) is 13.7. The number of nitrogens with zero attached hydrogens (tertiary/aromatic N) is 5. The molecule has 1 N–H and O–H groups in total. The van der Waals surface area contributed by atoms with Crippen molar-refractivity contribution < 1.29 is 9.47 Å². The standard InChI is InChI=1S/C20H26N6O2/c1-25(2)20-23-18(21-12-14-7-9-15(27-3)10-8-14)17-19(24-20)26(13-22-17)16-6-4-5-11-28-16/h7-10,13,16H,4-6,11-12H2,1-3H3,(H,21,23,24). The highest BCUT2D eigenvalue weighted by Gasteiger charge is 2.21. The molecule has 1 unspecified atom stereocenters. The third-order valence-corrected chi connectivity index (χ3v) is 4.89. The van der Waals surface area contributed by atoms with E-state index in [-0.39, 0.29) is 6.23 Å². The van der Waals surface area contributed by atoms with Crippen LogP contribution >= 0.6 is 0 Å². The zero-order valence-corrected chi connectivity index (χ0v) is 16.6. The topological polar surface area (TPSA) is 77.3 Å². The van der Waals surface area contributed by atoms with Gasteiger partial charge in [-0.3, -0.25) is 4.57 Å². The SMILES string of the molecule is COc1ccc(CNc2nc(N(C)C)nc3c2ncn3C2CCCCO2)cc1. The van der Waals surface area contributed by atoms with E-state index in [0.717, 1.165) is 54.2 Å². The first-order valence-electron chi connectivity index (χ1n) is 9.56. The lowest BCUT2D eigenvalue weighted by molar-refractivity contribution is -0.0298. The van der Waals surface area contributed by atoms with Gasteiger partial charge in [0.2, 0.25) is 5.95 Å². The molecule has 28 heavy (non-hydrogen) atoms.